The molecule has 0 bridgehead atoms. The van der Waals surface area contributed by atoms with Crippen molar-refractivity contribution in [1.29, 1.82) is 0 Å². The van der Waals surface area contributed by atoms with E-state index in [2.05, 4.69) is 61.1 Å². The van der Waals surface area contributed by atoms with Gasteiger partial charge in [-0.3, -0.25) is 4.90 Å². The van der Waals surface area contributed by atoms with Crippen molar-refractivity contribution in [3.05, 3.63) is 82.7 Å². The molecule has 1 aromatic heterocycles. The molecule has 6 heteroatoms. The lowest BCUT2D eigenvalue weighted by atomic mass is 9.92. The highest BCUT2D eigenvalue weighted by atomic mass is 16.6. The van der Waals surface area contributed by atoms with Crippen molar-refractivity contribution in [3.8, 4) is 5.75 Å². The van der Waals surface area contributed by atoms with Gasteiger partial charge in [-0.1, -0.05) is 42.5 Å². The van der Waals surface area contributed by atoms with E-state index in [9.17, 15) is 4.79 Å². The van der Waals surface area contributed by atoms with Crippen LogP contribution in [-0.2, 0) is 24.1 Å². The number of carbonyl (C=O) groups excluding carboxylic acids is 1. The average molecular weight is 488 g/mol. The lowest BCUT2D eigenvalue weighted by Gasteiger charge is -2.34. The summed E-state index contributed by atoms with van der Waals surface area (Å²) in [6.07, 6.45) is 18.0. The van der Waals surface area contributed by atoms with Crippen molar-refractivity contribution in [2.24, 2.45) is 0 Å². The zero-order valence-corrected chi connectivity index (χ0v) is 21.7. The molecule has 0 spiro atoms. The first-order valence-electron chi connectivity index (χ1n) is 13.2. The fourth-order valence-corrected chi connectivity index (χ4v) is 5.17. The fourth-order valence-electron chi connectivity index (χ4n) is 5.17. The summed E-state index contributed by atoms with van der Waals surface area (Å²) in [6.45, 7) is 7.46. The number of ether oxygens (including phenoxy) is 2. The van der Waals surface area contributed by atoms with Crippen LogP contribution < -0.4 is 4.74 Å². The third kappa shape index (κ3) is 5.98. The summed E-state index contributed by atoms with van der Waals surface area (Å²) in [5, 5.41) is 4.58. The van der Waals surface area contributed by atoms with Gasteiger partial charge in [0.15, 0.2) is 0 Å². The monoisotopic (exact) mass is 487 g/mol. The summed E-state index contributed by atoms with van der Waals surface area (Å²) in [4.78, 5) is 15.4. The van der Waals surface area contributed by atoms with E-state index >= 15 is 0 Å². The average Bonchev–Trinajstić information content (AvgIpc) is 3.65. The molecule has 1 fully saturated rings. The molecule has 1 atom stereocenters. The Bertz CT molecular complexity index is 1190. The number of allylic oxidation sites excluding steroid dienone is 4. The molecule has 0 aliphatic heterocycles. The molecule has 3 aliphatic carbocycles. The summed E-state index contributed by atoms with van der Waals surface area (Å²) in [5.41, 5.74) is 5.72. The van der Waals surface area contributed by atoms with Crippen molar-refractivity contribution in [2.45, 2.75) is 84.0 Å². The number of rotatable bonds is 8. The van der Waals surface area contributed by atoms with Gasteiger partial charge in [-0.05, 0) is 87.6 Å². The Morgan fingerprint density at radius 1 is 1.19 bits per heavy atom. The number of aromatic nitrogens is 2. The quantitative estimate of drug-likeness (QED) is 0.462. The first-order chi connectivity index (χ1) is 17.5. The molecule has 36 heavy (non-hydrogen) atoms. The number of aryl methyl sites for hydroxylation is 2. The van der Waals surface area contributed by atoms with Crippen LogP contribution in [0.15, 0.2) is 60.3 Å². The number of carbonyl (C=O) groups is 1. The highest BCUT2D eigenvalue weighted by molar-refractivity contribution is 5.70. The second kappa shape index (κ2) is 10.9. The van der Waals surface area contributed by atoms with Gasteiger partial charge in [-0.15, -0.1) is 0 Å². The van der Waals surface area contributed by atoms with Crippen molar-refractivity contribution >= 4 is 6.09 Å². The highest BCUT2D eigenvalue weighted by Crippen LogP contribution is 2.35. The minimum atomic E-state index is -0.411. The van der Waals surface area contributed by atoms with Crippen LogP contribution in [0.1, 0.15) is 61.9 Å². The Kier molecular flexibility index (Phi) is 7.42. The second-order valence-electron chi connectivity index (χ2n) is 10.5. The van der Waals surface area contributed by atoms with Gasteiger partial charge >= 0.3 is 6.09 Å². The second-order valence-corrected chi connectivity index (χ2v) is 10.5. The number of hydrogen-bond acceptors (Lipinski definition) is 5. The Labute approximate surface area is 214 Å². The molecular formula is C30H37N3O3. The van der Waals surface area contributed by atoms with E-state index in [0.29, 0.717) is 12.1 Å². The van der Waals surface area contributed by atoms with Crippen LogP contribution in [0.2, 0.25) is 0 Å². The minimum absolute atomic E-state index is 0.176. The van der Waals surface area contributed by atoms with E-state index in [4.69, 9.17) is 9.47 Å². The smallest absolute Gasteiger partial charge is 0.435 e. The standard InChI is InChI=1S/C30H37N3O3/c1-21(2)36-29-15-10-24(16-22(29)3)18-32(26-11-12-26)27-13-14-28-25(17-27)19-33(31-28)30(34)35-20-23-8-6-4-5-7-9-23/h4-6,8-10,15-16,19,21,26-27H,7,11-14,17-18,20H2,1-3H3. The van der Waals surface area contributed by atoms with E-state index < -0.39 is 6.09 Å². The van der Waals surface area contributed by atoms with Crippen LogP contribution in [0.25, 0.3) is 0 Å². The number of fused-ring (bicyclic) bond motifs is 1. The molecule has 0 N–H and O–H groups in total. The summed E-state index contributed by atoms with van der Waals surface area (Å²) < 4.78 is 12.9. The molecule has 0 amide bonds. The summed E-state index contributed by atoms with van der Waals surface area (Å²) in [6, 6.07) is 7.70. The Balaban J connectivity index is 1.23. The van der Waals surface area contributed by atoms with Crippen LogP contribution in [0.4, 0.5) is 4.79 Å². The molecule has 2 aromatic rings. The zero-order chi connectivity index (χ0) is 25.1. The van der Waals surface area contributed by atoms with Crippen molar-refractivity contribution in [2.75, 3.05) is 6.61 Å². The fraction of sp³-hybridized carbons (Fsp3) is 0.467. The molecule has 190 valence electrons. The third-order valence-electron chi connectivity index (χ3n) is 7.12. The number of benzene rings is 1. The van der Waals surface area contributed by atoms with Gasteiger partial charge in [-0.25, -0.2) is 4.79 Å². The SMILES string of the molecule is Cc1cc(CN(C2CC2)C2CCc3nn(C(=O)OCC4=CCC=CC=C4)cc3C2)ccc1OC(C)C. The molecular weight excluding hydrogens is 450 g/mol. The maximum Gasteiger partial charge on any atom is 0.435 e. The molecule has 1 saturated carbocycles. The Morgan fingerprint density at radius 3 is 2.83 bits per heavy atom. The van der Waals surface area contributed by atoms with Gasteiger partial charge in [0.25, 0.3) is 0 Å². The maximum absolute atomic E-state index is 12.7. The molecule has 1 unspecified atom stereocenters. The van der Waals surface area contributed by atoms with E-state index in [1.54, 1.807) is 0 Å². The van der Waals surface area contributed by atoms with Crippen LogP contribution in [0.3, 0.4) is 0 Å². The van der Waals surface area contributed by atoms with Gasteiger partial charge in [0, 0.05) is 24.8 Å². The molecule has 6 nitrogen and oxygen atoms in total. The summed E-state index contributed by atoms with van der Waals surface area (Å²) >= 11 is 0. The van der Waals surface area contributed by atoms with Gasteiger partial charge in [-0.2, -0.15) is 9.78 Å². The van der Waals surface area contributed by atoms with Gasteiger partial charge in [0.2, 0.25) is 0 Å². The Morgan fingerprint density at radius 2 is 2.06 bits per heavy atom. The Hall–Kier alpha value is -3.12. The van der Waals surface area contributed by atoms with Crippen LogP contribution in [-0.4, -0.2) is 45.6 Å². The predicted octanol–water partition coefficient (Wildman–Crippen LogP) is 5.93. The lowest BCUT2D eigenvalue weighted by Crippen LogP contribution is -2.40. The van der Waals surface area contributed by atoms with Gasteiger partial charge in [0.05, 0.1) is 11.8 Å². The molecule has 0 radical (unpaired) electrons. The third-order valence-corrected chi connectivity index (χ3v) is 7.12. The minimum Gasteiger partial charge on any atom is -0.491 e. The summed E-state index contributed by atoms with van der Waals surface area (Å²) in [7, 11) is 0. The van der Waals surface area contributed by atoms with Crippen LogP contribution in [0, 0.1) is 6.92 Å². The maximum atomic E-state index is 12.7. The van der Waals surface area contributed by atoms with Crippen molar-refractivity contribution in [1.82, 2.24) is 14.7 Å². The molecule has 1 heterocycles. The number of hydrogen-bond donors (Lipinski definition) is 0. The van der Waals surface area contributed by atoms with E-state index in [-0.39, 0.29) is 12.7 Å². The lowest BCUT2D eigenvalue weighted by molar-refractivity contribution is 0.154. The predicted molar refractivity (Wildman–Crippen MR) is 141 cm³/mol. The first kappa shape index (κ1) is 24.6. The zero-order valence-electron chi connectivity index (χ0n) is 21.7. The van der Waals surface area contributed by atoms with E-state index in [1.165, 1.54) is 34.2 Å². The van der Waals surface area contributed by atoms with Gasteiger partial charge in [0.1, 0.15) is 12.4 Å². The summed E-state index contributed by atoms with van der Waals surface area (Å²) in [5.74, 6) is 0.969. The normalized spacial score (nSPS) is 19.2. The van der Waals surface area contributed by atoms with Crippen molar-refractivity contribution < 1.29 is 14.3 Å². The van der Waals surface area contributed by atoms with E-state index in [0.717, 1.165) is 49.2 Å². The van der Waals surface area contributed by atoms with Crippen molar-refractivity contribution in [3.63, 3.8) is 0 Å². The first-order valence-corrected chi connectivity index (χ1v) is 13.2. The highest BCUT2D eigenvalue weighted by Gasteiger charge is 2.36. The molecule has 0 saturated heterocycles. The van der Waals surface area contributed by atoms with Crippen LogP contribution in [0.5, 0.6) is 5.75 Å². The largest absolute Gasteiger partial charge is 0.491 e. The molecule has 1 aromatic carbocycles. The van der Waals surface area contributed by atoms with E-state index in [1.807, 2.05) is 24.4 Å². The topological polar surface area (TPSA) is 56.6 Å². The van der Waals surface area contributed by atoms with Gasteiger partial charge < -0.3 is 9.47 Å². The van der Waals surface area contributed by atoms with Crippen LogP contribution >= 0.6 is 0 Å². The number of nitrogens with zero attached hydrogens (tertiary/aromatic N) is 3. The molecule has 5 rings (SSSR count). The molecule has 3 aliphatic rings.